The monoisotopic (exact) mass is 261 g/mol. The molecular weight excluding hydrogens is 234 g/mol. The molecule has 0 spiro atoms. The molecule has 1 N–H and O–H groups in total. The Hall–Kier alpha value is -0.930. The first-order valence-electron chi connectivity index (χ1n) is 7.67. The zero-order chi connectivity index (χ0) is 13.3. The molecule has 3 heteroatoms. The molecule has 0 amide bonds. The summed E-state index contributed by atoms with van der Waals surface area (Å²) in [6.45, 7) is 3.06. The van der Waals surface area contributed by atoms with Crippen molar-refractivity contribution < 1.29 is 0 Å². The van der Waals surface area contributed by atoms with Gasteiger partial charge < -0.3 is 10.2 Å². The maximum Gasteiger partial charge on any atom is 0.0541 e. The van der Waals surface area contributed by atoms with Crippen molar-refractivity contribution in [3.63, 3.8) is 0 Å². The Morgan fingerprint density at radius 1 is 1.21 bits per heavy atom. The Morgan fingerprint density at radius 2 is 2.00 bits per heavy atom. The van der Waals surface area contributed by atoms with Gasteiger partial charge in [0.1, 0.15) is 0 Å². The summed E-state index contributed by atoms with van der Waals surface area (Å²) in [6, 6.07) is 6.88. The number of likely N-dealkylation sites (N-methyl/N-ethyl adjacent to an activating group) is 1. The second-order valence-corrected chi connectivity index (χ2v) is 5.62. The lowest BCUT2D eigenvalue weighted by molar-refractivity contribution is 0.221. The van der Waals surface area contributed by atoms with Gasteiger partial charge in [0.05, 0.1) is 5.69 Å². The first-order chi connectivity index (χ1) is 9.36. The lowest BCUT2D eigenvalue weighted by Crippen LogP contribution is -2.36. The molecule has 3 nitrogen and oxygen atoms in total. The van der Waals surface area contributed by atoms with Gasteiger partial charge in [-0.15, -0.1) is 0 Å². The second-order valence-electron chi connectivity index (χ2n) is 5.62. The largest absolute Gasteiger partial charge is 0.310 e. The maximum absolute atomic E-state index is 4.32. The fourth-order valence-electron chi connectivity index (χ4n) is 2.86. The molecule has 0 saturated heterocycles. The van der Waals surface area contributed by atoms with Crippen LogP contribution in [0.3, 0.4) is 0 Å². The molecular formula is C16H27N3. The molecule has 19 heavy (non-hydrogen) atoms. The topological polar surface area (TPSA) is 28.2 Å². The molecule has 0 aromatic carbocycles. The van der Waals surface area contributed by atoms with Crippen molar-refractivity contribution in [3.8, 4) is 0 Å². The number of pyridine rings is 1. The van der Waals surface area contributed by atoms with E-state index < -0.39 is 0 Å². The first-order valence-corrected chi connectivity index (χ1v) is 7.67. The van der Waals surface area contributed by atoms with Crippen LogP contribution in [0.15, 0.2) is 24.4 Å². The lowest BCUT2D eigenvalue weighted by atomic mass is 10.1. The highest BCUT2D eigenvalue weighted by Gasteiger charge is 2.16. The van der Waals surface area contributed by atoms with Gasteiger partial charge in [-0.1, -0.05) is 31.7 Å². The van der Waals surface area contributed by atoms with Gasteiger partial charge >= 0.3 is 0 Å². The minimum Gasteiger partial charge on any atom is -0.310 e. The number of nitrogens with one attached hydrogen (secondary N) is 1. The average molecular weight is 261 g/mol. The lowest BCUT2D eigenvalue weighted by Gasteiger charge is -2.27. The minimum atomic E-state index is 0.805. The molecule has 1 aliphatic rings. The predicted molar refractivity (Wildman–Crippen MR) is 80.1 cm³/mol. The van der Waals surface area contributed by atoms with Crippen molar-refractivity contribution >= 4 is 0 Å². The van der Waals surface area contributed by atoms with Gasteiger partial charge in [0.15, 0.2) is 0 Å². The van der Waals surface area contributed by atoms with Crippen LogP contribution in [0.4, 0.5) is 0 Å². The number of hydrogen-bond acceptors (Lipinski definition) is 3. The molecule has 2 rings (SSSR count). The van der Waals surface area contributed by atoms with Crippen LogP contribution in [-0.2, 0) is 6.54 Å². The van der Waals surface area contributed by atoms with Gasteiger partial charge in [0, 0.05) is 31.9 Å². The van der Waals surface area contributed by atoms with Crippen LogP contribution in [0, 0.1) is 0 Å². The fourth-order valence-corrected chi connectivity index (χ4v) is 2.86. The van der Waals surface area contributed by atoms with Gasteiger partial charge in [-0.2, -0.15) is 0 Å². The van der Waals surface area contributed by atoms with E-state index in [0.717, 1.165) is 31.4 Å². The summed E-state index contributed by atoms with van der Waals surface area (Å²) in [5.41, 5.74) is 1.12. The van der Waals surface area contributed by atoms with Crippen molar-refractivity contribution in [1.82, 2.24) is 15.2 Å². The molecule has 1 heterocycles. The summed E-state index contributed by atoms with van der Waals surface area (Å²) < 4.78 is 0. The quantitative estimate of drug-likeness (QED) is 0.630. The third-order valence-electron chi connectivity index (χ3n) is 4.12. The van der Waals surface area contributed by atoms with Crippen LogP contribution in [0.5, 0.6) is 0 Å². The Morgan fingerprint density at radius 3 is 2.68 bits per heavy atom. The summed E-state index contributed by atoms with van der Waals surface area (Å²) in [6.07, 6.45) is 10.3. The van der Waals surface area contributed by atoms with Gasteiger partial charge in [0.25, 0.3) is 0 Å². The minimum absolute atomic E-state index is 0.805. The Balaban J connectivity index is 1.62. The van der Waals surface area contributed by atoms with Crippen molar-refractivity contribution in [2.45, 2.75) is 51.1 Å². The van der Waals surface area contributed by atoms with E-state index in [2.05, 4.69) is 28.3 Å². The van der Waals surface area contributed by atoms with Gasteiger partial charge in [-0.25, -0.2) is 0 Å². The van der Waals surface area contributed by atoms with Crippen molar-refractivity contribution in [2.75, 3.05) is 20.1 Å². The van der Waals surface area contributed by atoms with Crippen LogP contribution in [0.2, 0.25) is 0 Å². The second kappa shape index (κ2) is 8.28. The molecule has 1 saturated carbocycles. The molecule has 0 radical (unpaired) electrons. The van der Waals surface area contributed by atoms with E-state index in [1.54, 1.807) is 0 Å². The number of rotatable bonds is 6. The van der Waals surface area contributed by atoms with Crippen LogP contribution in [0.1, 0.15) is 44.2 Å². The van der Waals surface area contributed by atoms with E-state index in [9.17, 15) is 0 Å². The third kappa shape index (κ3) is 5.29. The molecule has 0 bridgehead atoms. The summed E-state index contributed by atoms with van der Waals surface area (Å²) in [4.78, 5) is 6.86. The molecule has 0 unspecified atom stereocenters. The highest BCUT2D eigenvalue weighted by atomic mass is 15.1. The Bertz CT molecular complexity index is 331. The van der Waals surface area contributed by atoms with Gasteiger partial charge in [0.2, 0.25) is 0 Å². The zero-order valence-electron chi connectivity index (χ0n) is 12.1. The van der Waals surface area contributed by atoms with E-state index in [4.69, 9.17) is 0 Å². The Labute approximate surface area is 117 Å². The molecule has 0 aliphatic heterocycles. The van der Waals surface area contributed by atoms with E-state index in [1.807, 2.05) is 18.3 Å². The Kier molecular flexibility index (Phi) is 6.31. The maximum atomic E-state index is 4.32. The van der Waals surface area contributed by atoms with Crippen LogP contribution < -0.4 is 5.32 Å². The molecule has 0 atom stereocenters. The van der Waals surface area contributed by atoms with Crippen LogP contribution >= 0.6 is 0 Å². The van der Waals surface area contributed by atoms with Crippen molar-refractivity contribution in [2.24, 2.45) is 0 Å². The first kappa shape index (κ1) is 14.5. The van der Waals surface area contributed by atoms with Crippen molar-refractivity contribution in [1.29, 1.82) is 0 Å². The number of nitrogens with zero attached hydrogens (tertiary/aromatic N) is 2. The summed E-state index contributed by atoms with van der Waals surface area (Å²) in [5, 5.41) is 3.48. The summed E-state index contributed by atoms with van der Waals surface area (Å²) in [7, 11) is 2.28. The fraction of sp³-hybridized carbons (Fsp3) is 0.688. The van der Waals surface area contributed by atoms with E-state index in [0.29, 0.717) is 0 Å². The molecule has 106 valence electrons. The van der Waals surface area contributed by atoms with E-state index in [-0.39, 0.29) is 0 Å². The molecule has 1 aliphatic carbocycles. The molecule has 1 aromatic heterocycles. The van der Waals surface area contributed by atoms with Crippen molar-refractivity contribution in [3.05, 3.63) is 30.1 Å². The SMILES string of the molecule is CN(CCNCc1ccccn1)C1CCCCCC1. The highest BCUT2D eigenvalue weighted by Crippen LogP contribution is 2.20. The number of hydrogen-bond donors (Lipinski definition) is 1. The van der Waals surface area contributed by atoms with Crippen LogP contribution in [0.25, 0.3) is 0 Å². The van der Waals surface area contributed by atoms with E-state index in [1.165, 1.54) is 38.5 Å². The average Bonchev–Trinajstić information content (AvgIpc) is 2.73. The predicted octanol–water partition coefficient (Wildman–Crippen LogP) is 2.83. The van der Waals surface area contributed by atoms with E-state index >= 15 is 0 Å². The molecule has 1 aromatic rings. The summed E-state index contributed by atoms with van der Waals surface area (Å²) in [5.74, 6) is 0. The standard InChI is InChI=1S/C16H27N3/c1-19(16-9-4-2-3-5-10-16)13-12-17-14-15-8-6-7-11-18-15/h6-8,11,16-17H,2-5,9-10,12-14H2,1H3. The number of aromatic nitrogens is 1. The zero-order valence-corrected chi connectivity index (χ0v) is 12.1. The van der Waals surface area contributed by atoms with Gasteiger partial charge in [-0.3, -0.25) is 4.98 Å². The third-order valence-corrected chi connectivity index (χ3v) is 4.12. The highest BCUT2D eigenvalue weighted by molar-refractivity contribution is 5.02. The molecule has 1 fully saturated rings. The summed E-state index contributed by atoms with van der Waals surface area (Å²) >= 11 is 0. The van der Waals surface area contributed by atoms with Gasteiger partial charge in [-0.05, 0) is 32.0 Å². The normalized spacial score (nSPS) is 17.6. The smallest absolute Gasteiger partial charge is 0.0541 e. The van der Waals surface area contributed by atoms with Crippen LogP contribution in [-0.4, -0.2) is 36.1 Å².